The van der Waals surface area contributed by atoms with Crippen LogP contribution in [0.5, 0.6) is 0 Å². The Morgan fingerprint density at radius 1 is 1.67 bits per heavy atom. The van der Waals surface area contributed by atoms with Gasteiger partial charge in [-0.15, -0.1) is 0 Å². The zero-order chi connectivity index (χ0) is 6.69. The molecule has 2 nitrogen and oxygen atoms in total. The Kier molecular flexibility index (Phi) is 1.88. The molecule has 1 rings (SSSR count). The van der Waals surface area contributed by atoms with Crippen molar-refractivity contribution in [1.82, 2.24) is 0 Å². The van der Waals surface area contributed by atoms with Crippen LogP contribution in [0.15, 0.2) is 16.8 Å². The second kappa shape index (κ2) is 2.67. The van der Waals surface area contributed by atoms with Crippen LogP contribution in [0.2, 0.25) is 0 Å². The van der Waals surface area contributed by atoms with Crippen molar-refractivity contribution in [3.63, 3.8) is 0 Å². The third-order valence-electron chi connectivity index (χ3n) is 1.57. The second-order valence-corrected chi connectivity index (χ2v) is 2.26. The van der Waals surface area contributed by atoms with Gasteiger partial charge in [0, 0.05) is 12.6 Å². The minimum atomic E-state index is 0.771. The van der Waals surface area contributed by atoms with Gasteiger partial charge in [0.2, 0.25) is 0 Å². The summed E-state index contributed by atoms with van der Waals surface area (Å²) in [5.41, 5.74) is 6.86. The molecule has 0 fully saturated rings. The Bertz CT molecular complexity index is 156. The van der Waals surface area contributed by atoms with E-state index in [-0.39, 0.29) is 0 Å². The maximum Gasteiger partial charge on any atom is 0.0992 e. The van der Waals surface area contributed by atoms with Crippen LogP contribution in [0.1, 0.15) is 26.2 Å². The van der Waals surface area contributed by atoms with Crippen molar-refractivity contribution in [3.8, 4) is 0 Å². The number of allylic oxidation sites excluding steroid dienone is 1. The van der Waals surface area contributed by atoms with Crippen molar-refractivity contribution in [1.29, 1.82) is 0 Å². The lowest BCUT2D eigenvalue weighted by atomic mass is 10.1. The van der Waals surface area contributed by atoms with Crippen LogP contribution in [0.4, 0.5) is 0 Å². The van der Waals surface area contributed by atoms with Crippen LogP contribution >= 0.6 is 0 Å². The topological polar surface area (TPSA) is 38.4 Å². The fourth-order valence-corrected chi connectivity index (χ4v) is 0.860. The van der Waals surface area contributed by atoms with Crippen LogP contribution in [-0.2, 0) is 0 Å². The summed E-state index contributed by atoms with van der Waals surface area (Å²) in [6.45, 7) is 2.14. The predicted octanol–water partition coefficient (Wildman–Crippen LogP) is 1.43. The summed E-state index contributed by atoms with van der Waals surface area (Å²) in [6, 6.07) is 0. The molecule has 1 aliphatic rings. The Morgan fingerprint density at radius 3 is 2.89 bits per heavy atom. The molecule has 0 amide bonds. The molecule has 0 unspecified atom stereocenters. The van der Waals surface area contributed by atoms with Gasteiger partial charge in [-0.1, -0.05) is 12.5 Å². The fraction of sp³-hybridized carbons (Fsp3) is 0.571. The van der Waals surface area contributed by atoms with Gasteiger partial charge in [0.25, 0.3) is 0 Å². The van der Waals surface area contributed by atoms with Gasteiger partial charge in [-0.05, 0) is 12.8 Å². The first-order chi connectivity index (χ1) is 4.33. The molecule has 2 N–H and O–H groups in total. The van der Waals surface area contributed by atoms with Gasteiger partial charge < -0.3 is 5.73 Å². The van der Waals surface area contributed by atoms with Gasteiger partial charge >= 0.3 is 0 Å². The SMILES string of the molecule is CCC1=CN=C(N)CC1. The average Bonchev–Trinajstić information content (AvgIpc) is 1.90. The third-order valence-corrected chi connectivity index (χ3v) is 1.57. The summed E-state index contributed by atoms with van der Waals surface area (Å²) in [5, 5.41) is 0. The van der Waals surface area contributed by atoms with E-state index in [1.54, 1.807) is 0 Å². The highest BCUT2D eigenvalue weighted by Gasteiger charge is 2.01. The van der Waals surface area contributed by atoms with Crippen LogP contribution in [-0.4, -0.2) is 5.84 Å². The summed E-state index contributed by atoms with van der Waals surface area (Å²) in [6.07, 6.45) is 5.04. The lowest BCUT2D eigenvalue weighted by Gasteiger charge is -2.07. The molecule has 0 spiro atoms. The number of hydrogen-bond donors (Lipinski definition) is 1. The van der Waals surface area contributed by atoms with E-state index in [4.69, 9.17) is 5.73 Å². The molecule has 50 valence electrons. The molecule has 0 aromatic carbocycles. The molecule has 2 heteroatoms. The van der Waals surface area contributed by atoms with E-state index in [1.807, 2.05) is 6.20 Å². The minimum absolute atomic E-state index is 0.771. The summed E-state index contributed by atoms with van der Waals surface area (Å²) >= 11 is 0. The maximum absolute atomic E-state index is 5.46. The van der Waals surface area contributed by atoms with E-state index in [9.17, 15) is 0 Å². The van der Waals surface area contributed by atoms with E-state index in [0.29, 0.717) is 0 Å². The molecule has 9 heavy (non-hydrogen) atoms. The molecule has 0 saturated carbocycles. The number of nitrogens with zero attached hydrogens (tertiary/aromatic N) is 1. The van der Waals surface area contributed by atoms with Gasteiger partial charge in [0.15, 0.2) is 0 Å². The van der Waals surface area contributed by atoms with Crippen LogP contribution in [0.3, 0.4) is 0 Å². The molecule has 0 bridgehead atoms. The predicted molar refractivity (Wildman–Crippen MR) is 39.2 cm³/mol. The molecule has 0 aromatic heterocycles. The van der Waals surface area contributed by atoms with E-state index in [2.05, 4.69) is 11.9 Å². The first-order valence-corrected chi connectivity index (χ1v) is 3.33. The number of aliphatic imine (C=N–C) groups is 1. The summed E-state index contributed by atoms with van der Waals surface area (Å²) in [7, 11) is 0. The van der Waals surface area contributed by atoms with E-state index < -0.39 is 0 Å². The minimum Gasteiger partial charge on any atom is -0.387 e. The second-order valence-electron chi connectivity index (χ2n) is 2.26. The van der Waals surface area contributed by atoms with Crippen molar-refractivity contribution < 1.29 is 0 Å². The highest BCUT2D eigenvalue weighted by Crippen LogP contribution is 2.12. The quantitative estimate of drug-likeness (QED) is 0.564. The molecule has 1 aliphatic heterocycles. The number of amidine groups is 1. The highest BCUT2D eigenvalue weighted by atomic mass is 14.8. The van der Waals surface area contributed by atoms with Gasteiger partial charge in [0.1, 0.15) is 0 Å². The van der Waals surface area contributed by atoms with E-state index in [0.717, 1.165) is 25.1 Å². The Labute approximate surface area is 55.5 Å². The normalized spacial score (nSPS) is 18.8. The largest absolute Gasteiger partial charge is 0.387 e. The first kappa shape index (κ1) is 6.33. The fourth-order valence-electron chi connectivity index (χ4n) is 0.860. The van der Waals surface area contributed by atoms with Crippen molar-refractivity contribution in [2.45, 2.75) is 26.2 Å². The van der Waals surface area contributed by atoms with Gasteiger partial charge in [-0.2, -0.15) is 0 Å². The van der Waals surface area contributed by atoms with Crippen LogP contribution in [0, 0.1) is 0 Å². The Morgan fingerprint density at radius 2 is 2.44 bits per heavy atom. The monoisotopic (exact) mass is 124 g/mol. The van der Waals surface area contributed by atoms with Crippen molar-refractivity contribution in [3.05, 3.63) is 11.8 Å². The molecule has 0 radical (unpaired) electrons. The number of rotatable bonds is 1. The summed E-state index contributed by atoms with van der Waals surface area (Å²) in [5.74, 6) is 0.771. The van der Waals surface area contributed by atoms with E-state index in [1.165, 1.54) is 5.57 Å². The molecular weight excluding hydrogens is 112 g/mol. The van der Waals surface area contributed by atoms with E-state index >= 15 is 0 Å². The van der Waals surface area contributed by atoms with Crippen molar-refractivity contribution in [2.75, 3.05) is 0 Å². The van der Waals surface area contributed by atoms with Gasteiger partial charge in [-0.3, -0.25) is 0 Å². The molecule has 0 aliphatic carbocycles. The Hall–Kier alpha value is -0.790. The molecule has 0 atom stereocenters. The van der Waals surface area contributed by atoms with Crippen molar-refractivity contribution >= 4 is 5.84 Å². The van der Waals surface area contributed by atoms with Gasteiger partial charge in [0.05, 0.1) is 5.84 Å². The standard InChI is InChI=1S/C7H12N2/c1-2-6-3-4-7(8)9-5-6/h5H,2-4H2,1H3,(H2,8,9). The zero-order valence-corrected chi connectivity index (χ0v) is 5.72. The number of nitrogens with two attached hydrogens (primary N) is 1. The highest BCUT2D eigenvalue weighted by molar-refractivity contribution is 5.81. The molecule has 1 heterocycles. The van der Waals surface area contributed by atoms with Crippen molar-refractivity contribution in [2.24, 2.45) is 10.7 Å². The zero-order valence-electron chi connectivity index (χ0n) is 5.72. The van der Waals surface area contributed by atoms with Crippen LogP contribution in [0.25, 0.3) is 0 Å². The molecule has 0 saturated heterocycles. The third kappa shape index (κ3) is 1.56. The first-order valence-electron chi connectivity index (χ1n) is 3.33. The summed E-state index contributed by atoms with van der Waals surface area (Å²) in [4.78, 5) is 4.01. The lowest BCUT2D eigenvalue weighted by molar-refractivity contribution is 0.897. The lowest BCUT2D eigenvalue weighted by Crippen LogP contribution is -2.13. The van der Waals surface area contributed by atoms with Gasteiger partial charge in [-0.25, -0.2) is 4.99 Å². The van der Waals surface area contributed by atoms with Crippen LogP contribution < -0.4 is 5.73 Å². The molecule has 0 aromatic rings. The Balaban J connectivity index is 2.59. The number of hydrogen-bond acceptors (Lipinski definition) is 2. The maximum atomic E-state index is 5.46. The smallest absolute Gasteiger partial charge is 0.0992 e. The summed E-state index contributed by atoms with van der Waals surface area (Å²) < 4.78 is 0. The molecular formula is C7H12N2. The average molecular weight is 124 g/mol.